The van der Waals surface area contributed by atoms with Crippen molar-refractivity contribution in [2.45, 2.75) is 39.5 Å². The summed E-state index contributed by atoms with van der Waals surface area (Å²) in [5.41, 5.74) is 2.64. The molecule has 1 rings (SSSR count). The summed E-state index contributed by atoms with van der Waals surface area (Å²) < 4.78 is 1.95. The Morgan fingerprint density at radius 3 is 2.75 bits per heavy atom. The van der Waals surface area contributed by atoms with Crippen LogP contribution in [0.25, 0.3) is 0 Å². The third kappa shape index (κ3) is 1.87. The van der Waals surface area contributed by atoms with Crippen molar-refractivity contribution in [3.63, 3.8) is 0 Å². The van der Waals surface area contributed by atoms with E-state index in [2.05, 4.69) is 25.1 Å². The van der Waals surface area contributed by atoms with Crippen molar-refractivity contribution < 1.29 is 0 Å². The highest BCUT2D eigenvalue weighted by Crippen LogP contribution is 2.10. The highest BCUT2D eigenvalue weighted by molar-refractivity contribution is 5.16. The molecule has 0 bridgehead atoms. The predicted octanol–water partition coefficient (Wildman–Crippen LogP) is 2.13. The lowest BCUT2D eigenvalue weighted by Gasteiger charge is -2.02. The van der Waals surface area contributed by atoms with Crippen molar-refractivity contribution in [2.75, 3.05) is 0 Å². The monoisotopic (exact) mass is 165 g/mol. The quantitative estimate of drug-likeness (QED) is 0.668. The average Bonchev–Trinajstić information content (AvgIpc) is 2.43. The van der Waals surface area contributed by atoms with Crippen LogP contribution in [0, 0.1) is 6.20 Å². The van der Waals surface area contributed by atoms with Gasteiger partial charge in [-0.1, -0.05) is 20.3 Å². The zero-order valence-electron chi connectivity index (χ0n) is 8.22. The molecule has 0 saturated heterocycles. The standard InChI is InChI=1S/C10H17N2/c1-4-6-7-10-9(5-2)8-11-12(10)3/h4-7H2,1-3H3. The van der Waals surface area contributed by atoms with E-state index in [9.17, 15) is 0 Å². The number of hydrogen-bond acceptors (Lipinski definition) is 1. The van der Waals surface area contributed by atoms with Gasteiger partial charge in [-0.3, -0.25) is 4.68 Å². The van der Waals surface area contributed by atoms with Crippen LogP contribution in [0.2, 0.25) is 0 Å². The zero-order chi connectivity index (χ0) is 8.97. The molecule has 0 unspecified atom stereocenters. The maximum absolute atomic E-state index is 4.13. The van der Waals surface area contributed by atoms with Gasteiger partial charge in [0.15, 0.2) is 0 Å². The van der Waals surface area contributed by atoms with Gasteiger partial charge >= 0.3 is 0 Å². The van der Waals surface area contributed by atoms with Gasteiger partial charge < -0.3 is 0 Å². The van der Waals surface area contributed by atoms with E-state index in [-0.39, 0.29) is 0 Å². The van der Waals surface area contributed by atoms with Gasteiger partial charge in [0.1, 0.15) is 6.20 Å². The normalized spacial score (nSPS) is 10.6. The van der Waals surface area contributed by atoms with E-state index in [0.717, 1.165) is 12.8 Å². The van der Waals surface area contributed by atoms with Gasteiger partial charge in [0.25, 0.3) is 0 Å². The first-order chi connectivity index (χ1) is 5.79. The molecule has 12 heavy (non-hydrogen) atoms. The van der Waals surface area contributed by atoms with Gasteiger partial charge in [0, 0.05) is 18.3 Å². The molecule has 0 aliphatic rings. The third-order valence-corrected chi connectivity index (χ3v) is 2.19. The molecule has 0 spiro atoms. The van der Waals surface area contributed by atoms with Gasteiger partial charge in [-0.25, -0.2) is 0 Å². The molecule has 0 saturated carbocycles. The largest absolute Gasteiger partial charge is 0.272 e. The number of nitrogens with zero attached hydrogens (tertiary/aromatic N) is 2. The molecule has 0 N–H and O–H groups in total. The summed E-state index contributed by atoms with van der Waals surface area (Å²) in [5, 5.41) is 4.13. The van der Waals surface area contributed by atoms with E-state index in [1.54, 1.807) is 0 Å². The SMILES string of the molecule is CCCCc1c(CC)[c]nn1C. The predicted molar refractivity (Wildman–Crippen MR) is 50.0 cm³/mol. The molecule has 1 aromatic rings. The minimum absolute atomic E-state index is 1.05. The Bertz CT molecular complexity index is 238. The molecular formula is C10H17N2. The Morgan fingerprint density at radius 2 is 2.17 bits per heavy atom. The van der Waals surface area contributed by atoms with Gasteiger partial charge in [0.05, 0.1) is 0 Å². The topological polar surface area (TPSA) is 17.8 Å². The Morgan fingerprint density at radius 1 is 1.42 bits per heavy atom. The minimum Gasteiger partial charge on any atom is -0.272 e. The lowest BCUT2D eigenvalue weighted by atomic mass is 10.1. The molecule has 0 aromatic carbocycles. The van der Waals surface area contributed by atoms with Gasteiger partial charge in [-0.15, -0.1) is 0 Å². The Balaban J connectivity index is 2.72. The summed E-state index contributed by atoms with van der Waals surface area (Å²) in [6, 6.07) is 0. The Labute approximate surface area is 74.6 Å². The highest BCUT2D eigenvalue weighted by Gasteiger charge is 2.05. The molecule has 0 fully saturated rings. The van der Waals surface area contributed by atoms with E-state index < -0.39 is 0 Å². The van der Waals surface area contributed by atoms with E-state index >= 15 is 0 Å². The molecule has 1 aromatic heterocycles. The molecule has 1 heterocycles. The zero-order valence-corrected chi connectivity index (χ0v) is 8.22. The first-order valence-electron chi connectivity index (χ1n) is 4.72. The number of hydrogen-bond donors (Lipinski definition) is 0. The first-order valence-corrected chi connectivity index (χ1v) is 4.72. The van der Waals surface area contributed by atoms with Crippen LogP contribution < -0.4 is 0 Å². The molecule has 2 heteroatoms. The maximum atomic E-state index is 4.13. The van der Waals surface area contributed by atoms with Crippen LogP contribution in [0.1, 0.15) is 37.9 Å². The van der Waals surface area contributed by atoms with Crippen LogP contribution in [0.4, 0.5) is 0 Å². The van der Waals surface area contributed by atoms with Crippen molar-refractivity contribution in [2.24, 2.45) is 7.05 Å². The summed E-state index contributed by atoms with van der Waals surface area (Å²) in [4.78, 5) is 0. The number of unbranched alkanes of at least 4 members (excludes halogenated alkanes) is 1. The lowest BCUT2D eigenvalue weighted by Crippen LogP contribution is -2.00. The lowest BCUT2D eigenvalue weighted by molar-refractivity contribution is 0.671. The number of aromatic nitrogens is 2. The highest BCUT2D eigenvalue weighted by atomic mass is 15.3. The van der Waals surface area contributed by atoms with Gasteiger partial charge in [-0.05, 0) is 19.3 Å². The Kier molecular flexibility index (Phi) is 3.32. The summed E-state index contributed by atoms with van der Waals surface area (Å²) in [5.74, 6) is 0. The molecule has 0 amide bonds. The number of aryl methyl sites for hydroxylation is 2. The van der Waals surface area contributed by atoms with Gasteiger partial charge in [-0.2, -0.15) is 5.10 Å². The molecule has 2 nitrogen and oxygen atoms in total. The third-order valence-electron chi connectivity index (χ3n) is 2.19. The number of rotatable bonds is 4. The maximum Gasteiger partial charge on any atom is 0.116 e. The first kappa shape index (κ1) is 9.30. The van der Waals surface area contributed by atoms with Gasteiger partial charge in [0.2, 0.25) is 0 Å². The van der Waals surface area contributed by atoms with E-state index in [4.69, 9.17) is 0 Å². The fourth-order valence-corrected chi connectivity index (χ4v) is 1.40. The molecule has 0 atom stereocenters. The van der Waals surface area contributed by atoms with E-state index in [1.807, 2.05) is 11.7 Å². The van der Waals surface area contributed by atoms with Crippen LogP contribution in [0.5, 0.6) is 0 Å². The summed E-state index contributed by atoms with van der Waals surface area (Å²) in [7, 11) is 2.00. The van der Waals surface area contributed by atoms with E-state index in [0.29, 0.717) is 0 Å². The fraction of sp³-hybridized carbons (Fsp3) is 0.700. The summed E-state index contributed by atoms with van der Waals surface area (Å²) >= 11 is 0. The molecule has 1 radical (unpaired) electrons. The molecule has 0 aliphatic carbocycles. The van der Waals surface area contributed by atoms with Crippen LogP contribution >= 0.6 is 0 Å². The van der Waals surface area contributed by atoms with Crippen molar-refractivity contribution in [3.8, 4) is 0 Å². The molecule has 0 aliphatic heterocycles. The summed E-state index contributed by atoms with van der Waals surface area (Å²) in [6.45, 7) is 4.37. The second-order valence-corrected chi connectivity index (χ2v) is 3.12. The van der Waals surface area contributed by atoms with Crippen LogP contribution in [0.15, 0.2) is 0 Å². The second-order valence-electron chi connectivity index (χ2n) is 3.12. The fourth-order valence-electron chi connectivity index (χ4n) is 1.40. The minimum atomic E-state index is 1.05. The van der Waals surface area contributed by atoms with E-state index in [1.165, 1.54) is 24.1 Å². The van der Waals surface area contributed by atoms with Crippen molar-refractivity contribution in [1.82, 2.24) is 9.78 Å². The van der Waals surface area contributed by atoms with Crippen molar-refractivity contribution in [3.05, 3.63) is 17.5 Å². The van der Waals surface area contributed by atoms with Crippen LogP contribution in [-0.4, -0.2) is 9.78 Å². The molecular weight excluding hydrogens is 148 g/mol. The smallest absolute Gasteiger partial charge is 0.116 e. The Hall–Kier alpha value is -0.790. The van der Waals surface area contributed by atoms with Crippen LogP contribution in [0.3, 0.4) is 0 Å². The van der Waals surface area contributed by atoms with Crippen molar-refractivity contribution in [1.29, 1.82) is 0 Å². The molecule has 67 valence electrons. The second kappa shape index (κ2) is 4.29. The van der Waals surface area contributed by atoms with Crippen molar-refractivity contribution >= 4 is 0 Å². The summed E-state index contributed by atoms with van der Waals surface area (Å²) in [6.07, 6.45) is 7.73. The average molecular weight is 165 g/mol. The van der Waals surface area contributed by atoms with Crippen LogP contribution in [-0.2, 0) is 19.9 Å².